The molecule has 0 heterocycles. The first-order valence-corrected chi connectivity index (χ1v) is 7.56. The van der Waals surface area contributed by atoms with E-state index in [1.807, 2.05) is 0 Å². The smallest absolute Gasteiger partial charge is 0.127 e. The summed E-state index contributed by atoms with van der Waals surface area (Å²) < 4.78 is 0. The molecule has 0 aliphatic heterocycles. The Morgan fingerprint density at radius 1 is 0.462 bits per heavy atom. The van der Waals surface area contributed by atoms with Crippen molar-refractivity contribution in [1.82, 2.24) is 0 Å². The molecule has 7 nitrogen and oxygen atoms in total. The average Bonchev–Trinajstić information content (AvgIpc) is 2.52. The first kappa shape index (κ1) is 17.1. The number of hydrogen-bond acceptors (Lipinski definition) is 7. The zero-order chi connectivity index (χ0) is 19.0. The highest BCUT2D eigenvalue weighted by molar-refractivity contribution is 5.63. The Hall–Kier alpha value is -3.74. The van der Waals surface area contributed by atoms with Crippen molar-refractivity contribution in [2.45, 2.75) is 5.92 Å². The van der Waals surface area contributed by atoms with E-state index in [0.29, 0.717) is 5.56 Å². The predicted molar refractivity (Wildman–Crippen MR) is 91.9 cm³/mol. The van der Waals surface area contributed by atoms with E-state index in [1.165, 1.54) is 24.3 Å². The normalized spacial score (nSPS) is 11.0. The fraction of sp³-hybridized carbons (Fsp3) is 0.0526. The molecule has 134 valence electrons. The summed E-state index contributed by atoms with van der Waals surface area (Å²) in [6, 6.07) is 9.74. The Labute approximate surface area is 147 Å². The van der Waals surface area contributed by atoms with E-state index in [-0.39, 0.29) is 28.4 Å². The Balaban J connectivity index is 2.34. The van der Waals surface area contributed by atoms with Gasteiger partial charge in [0.1, 0.15) is 40.2 Å². The fourth-order valence-corrected chi connectivity index (χ4v) is 2.95. The van der Waals surface area contributed by atoms with E-state index in [0.717, 1.165) is 24.3 Å². The Bertz CT molecular complexity index is 861. The second kappa shape index (κ2) is 6.29. The SMILES string of the molecule is Oc1ccc(C(c2c(O)cc(O)cc2O)c2c(O)cc(O)cc2O)cc1. The van der Waals surface area contributed by atoms with Crippen LogP contribution < -0.4 is 0 Å². The van der Waals surface area contributed by atoms with Gasteiger partial charge in [0, 0.05) is 41.3 Å². The van der Waals surface area contributed by atoms with Gasteiger partial charge in [-0.05, 0) is 17.7 Å². The molecule has 0 aliphatic carbocycles. The Morgan fingerprint density at radius 3 is 1.15 bits per heavy atom. The van der Waals surface area contributed by atoms with Gasteiger partial charge in [0.2, 0.25) is 0 Å². The second-order valence-corrected chi connectivity index (χ2v) is 5.82. The molecule has 0 bridgehead atoms. The van der Waals surface area contributed by atoms with Crippen molar-refractivity contribution in [3.63, 3.8) is 0 Å². The number of benzene rings is 3. The van der Waals surface area contributed by atoms with Crippen molar-refractivity contribution < 1.29 is 35.7 Å². The van der Waals surface area contributed by atoms with Crippen LogP contribution >= 0.6 is 0 Å². The molecule has 0 unspecified atom stereocenters. The van der Waals surface area contributed by atoms with Crippen molar-refractivity contribution in [3.8, 4) is 40.2 Å². The lowest BCUT2D eigenvalue weighted by Gasteiger charge is -2.23. The van der Waals surface area contributed by atoms with Crippen molar-refractivity contribution in [3.05, 3.63) is 65.2 Å². The third-order valence-electron chi connectivity index (χ3n) is 4.05. The van der Waals surface area contributed by atoms with Crippen LogP contribution in [0.4, 0.5) is 0 Å². The number of rotatable bonds is 3. The Morgan fingerprint density at radius 2 is 0.808 bits per heavy atom. The van der Waals surface area contributed by atoms with Gasteiger partial charge >= 0.3 is 0 Å². The minimum atomic E-state index is -1.06. The zero-order valence-electron chi connectivity index (χ0n) is 13.3. The molecule has 0 saturated carbocycles. The number of aromatic hydroxyl groups is 7. The van der Waals surface area contributed by atoms with E-state index in [1.54, 1.807) is 0 Å². The van der Waals surface area contributed by atoms with Gasteiger partial charge < -0.3 is 35.7 Å². The molecule has 26 heavy (non-hydrogen) atoms. The van der Waals surface area contributed by atoms with Crippen molar-refractivity contribution in [1.29, 1.82) is 0 Å². The highest BCUT2D eigenvalue weighted by atomic mass is 16.3. The molecule has 3 aromatic rings. The summed E-state index contributed by atoms with van der Waals surface area (Å²) in [7, 11) is 0. The molecule has 0 fully saturated rings. The van der Waals surface area contributed by atoms with Crippen LogP contribution in [-0.4, -0.2) is 35.7 Å². The van der Waals surface area contributed by atoms with Crippen LogP contribution in [0.2, 0.25) is 0 Å². The van der Waals surface area contributed by atoms with E-state index < -0.39 is 28.9 Å². The maximum atomic E-state index is 10.3. The fourth-order valence-electron chi connectivity index (χ4n) is 2.95. The molecule has 0 amide bonds. The summed E-state index contributed by atoms with van der Waals surface area (Å²) in [5, 5.41) is 69.7. The van der Waals surface area contributed by atoms with Gasteiger partial charge in [-0.25, -0.2) is 0 Å². The molecule has 0 aliphatic rings. The summed E-state index contributed by atoms with van der Waals surface area (Å²) in [4.78, 5) is 0. The van der Waals surface area contributed by atoms with Crippen LogP contribution in [0, 0.1) is 0 Å². The predicted octanol–water partition coefficient (Wildman–Crippen LogP) is 2.81. The molecule has 0 saturated heterocycles. The van der Waals surface area contributed by atoms with E-state index in [4.69, 9.17) is 0 Å². The standard InChI is InChI=1S/C19H16O7/c20-10-3-1-9(2-4-10)17(18-13(23)5-11(21)6-14(18)24)19-15(25)7-12(22)8-16(19)26/h1-8,17,20-26H. The van der Waals surface area contributed by atoms with E-state index in [9.17, 15) is 35.7 Å². The van der Waals surface area contributed by atoms with E-state index >= 15 is 0 Å². The topological polar surface area (TPSA) is 142 Å². The van der Waals surface area contributed by atoms with Gasteiger partial charge in [-0.2, -0.15) is 0 Å². The average molecular weight is 356 g/mol. The van der Waals surface area contributed by atoms with Gasteiger partial charge in [-0.15, -0.1) is 0 Å². The molecular weight excluding hydrogens is 340 g/mol. The number of phenolic OH excluding ortho intramolecular Hbond substituents is 7. The summed E-state index contributed by atoms with van der Waals surface area (Å²) in [5.74, 6) is -3.68. The molecule has 7 N–H and O–H groups in total. The maximum Gasteiger partial charge on any atom is 0.127 e. The van der Waals surface area contributed by atoms with Crippen molar-refractivity contribution in [2.24, 2.45) is 0 Å². The maximum absolute atomic E-state index is 10.3. The zero-order valence-corrected chi connectivity index (χ0v) is 13.3. The van der Waals surface area contributed by atoms with Gasteiger partial charge in [-0.1, -0.05) is 12.1 Å². The lowest BCUT2D eigenvalue weighted by atomic mass is 9.83. The lowest BCUT2D eigenvalue weighted by Crippen LogP contribution is -2.05. The molecule has 0 aromatic heterocycles. The highest BCUT2D eigenvalue weighted by Crippen LogP contribution is 2.49. The van der Waals surface area contributed by atoms with Crippen LogP contribution in [0.5, 0.6) is 40.2 Å². The summed E-state index contributed by atoms with van der Waals surface area (Å²) in [5.41, 5.74) is 0.255. The minimum absolute atomic E-state index is 0.0224. The van der Waals surface area contributed by atoms with Gasteiger partial charge in [0.05, 0.1) is 0 Å². The highest BCUT2D eigenvalue weighted by Gasteiger charge is 2.29. The quantitative estimate of drug-likeness (QED) is 0.358. The first-order valence-electron chi connectivity index (χ1n) is 7.56. The van der Waals surface area contributed by atoms with Crippen LogP contribution in [0.25, 0.3) is 0 Å². The molecule has 3 rings (SSSR count). The number of hydrogen-bond donors (Lipinski definition) is 7. The number of phenols is 7. The van der Waals surface area contributed by atoms with Crippen LogP contribution in [-0.2, 0) is 0 Å². The van der Waals surface area contributed by atoms with Crippen LogP contribution in [0.1, 0.15) is 22.6 Å². The van der Waals surface area contributed by atoms with Gasteiger partial charge in [0.25, 0.3) is 0 Å². The van der Waals surface area contributed by atoms with Gasteiger partial charge in [0.15, 0.2) is 0 Å². The molecule has 0 atom stereocenters. The summed E-state index contributed by atoms with van der Waals surface area (Å²) in [6.45, 7) is 0. The molecule has 0 spiro atoms. The minimum Gasteiger partial charge on any atom is -0.508 e. The third-order valence-corrected chi connectivity index (χ3v) is 4.05. The third kappa shape index (κ3) is 2.98. The second-order valence-electron chi connectivity index (χ2n) is 5.82. The van der Waals surface area contributed by atoms with Crippen molar-refractivity contribution >= 4 is 0 Å². The van der Waals surface area contributed by atoms with Crippen molar-refractivity contribution in [2.75, 3.05) is 0 Å². The molecule has 0 radical (unpaired) electrons. The lowest BCUT2D eigenvalue weighted by molar-refractivity contribution is 0.407. The van der Waals surface area contributed by atoms with Crippen LogP contribution in [0.15, 0.2) is 48.5 Å². The first-order chi connectivity index (χ1) is 12.3. The molecule has 3 aromatic carbocycles. The Kier molecular flexibility index (Phi) is 4.13. The monoisotopic (exact) mass is 356 g/mol. The summed E-state index contributed by atoms with van der Waals surface area (Å²) in [6.07, 6.45) is 0. The molecular formula is C19H16O7. The van der Waals surface area contributed by atoms with Gasteiger partial charge in [-0.3, -0.25) is 0 Å². The van der Waals surface area contributed by atoms with E-state index in [2.05, 4.69) is 0 Å². The summed E-state index contributed by atoms with van der Waals surface area (Å²) >= 11 is 0. The van der Waals surface area contributed by atoms with Crippen LogP contribution in [0.3, 0.4) is 0 Å². The largest absolute Gasteiger partial charge is 0.508 e. The molecule has 7 heteroatoms.